The Morgan fingerprint density at radius 2 is 2.06 bits per heavy atom. The lowest BCUT2D eigenvalue weighted by atomic mass is 10.1. The molecule has 0 N–H and O–H groups in total. The first kappa shape index (κ1) is 13.8. The van der Waals surface area contributed by atoms with Gasteiger partial charge in [0.2, 0.25) is 5.78 Å². The van der Waals surface area contributed by atoms with E-state index in [0.717, 1.165) is 20.3 Å². The van der Waals surface area contributed by atoms with Crippen LogP contribution in [0.25, 0.3) is 0 Å². The minimum atomic E-state index is -0.00382. The first-order chi connectivity index (χ1) is 8.54. The summed E-state index contributed by atoms with van der Waals surface area (Å²) < 4.78 is 6.94. The van der Waals surface area contributed by atoms with Gasteiger partial charge in [0.15, 0.2) is 0 Å². The average molecular weight is 390 g/mol. The van der Waals surface area contributed by atoms with E-state index in [4.69, 9.17) is 4.74 Å². The molecule has 0 saturated heterocycles. The number of aryl methyl sites for hydroxylation is 1. The van der Waals surface area contributed by atoms with Crippen LogP contribution < -0.4 is 4.74 Å². The number of carbonyl (C=O) groups is 1. The number of ether oxygens (including phenoxy) is 1. The Morgan fingerprint density at radius 3 is 2.61 bits per heavy atom. The molecule has 1 aromatic carbocycles. The van der Waals surface area contributed by atoms with Crippen LogP contribution >= 0.6 is 43.2 Å². The molecule has 94 valence electrons. The van der Waals surface area contributed by atoms with Gasteiger partial charge in [-0.1, -0.05) is 12.1 Å². The molecule has 2 rings (SSSR count). The Morgan fingerprint density at radius 1 is 1.33 bits per heavy atom. The van der Waals surface area contributed by atoms with Crippen molar-refractivity contribution < 1.29 is 9.53 Å². The highest BCUT2D eigenvalue weighted by Crippen LogP contribution is 2.34. The molecule has 18 heavy (non-hydrogen) atoms. The zero-order chi connectivity index (χ0) is 13.3. The van der Waals surface area contributed by atoms with E-state index in [1.807, 2.05) is 24.4 Å². The normalized spacial score (nSPS) is 10.4. The Labute approximate surface area is 126 Å². The van der Waals surface area contributed by atoms with Crippen molar-refractivity contribution in [3.8, 4) is 5.75 Å². The van der Waals surface area contributed by atoms with Crippen molar-refractivity contribution in [2.24, 2.45) is 0 Å². The number of carbonyl (C=O) groups excluding carboxylic acids is 1. The molecule has 0 atom stereocenters. The van der Waals surface area contributed by atoms with Gasteiger partial charge in [-0.15, -0.1) is 11.3 Å². The third-order valence-corrected chi connectivity index (χ3v) is 6.09. The first-order valence-corrected chi connectivity index (χ1v) is 7.63. The number of hydrogen-bond donors (Lipinski definition) is 0. The Kier molecular flexibility index (Phi) is 4.25. The van der Waals surface area contributed by atoms with Crippen LogP contribution in [-0.2, 0) is 0 Å². The van der Waals surface area contributed by atoms with Crippen molar-refractivity contribution in [3.63, 3.8) is 0 Å². The lowest BCUT2D eigenvalue weighted by molar-refractivity contribution is 0.104. The molecule has 0 fully saturated rings. The van der Waals surface area contributed by atoms with Crippen LogP contribution in [0.2, 0.25) is 0 Å². The van der Waals surface area contributed by atoms with Crippen LogP contribution in [0.15, 0.2) is 32.5 Å². The summed E-state index contributed by atoms with van der Waals surface area (Å²) >= 11 is 8.21. The smallest absolute Gasteiger partial charge is 0.204 e. The fraction of sp³-hybridized carbons (Fsp3) is 0.154. The van der Waals surface area contributed by atoms with Crippen LogP contribution in [0.5, 0.6) is 5.75 Å². The quantitative estimate of drug-likeness (QED) is 0.703. The Balaban J connectivity index is 2.43. The Bertz CT molecular complexity index is 605. The highest BCUT2D eigenvalue weighted by atomic mass is 79.9. The van der Waals surface area contributed by atoms with E-state index in [1.165, 1.54) is 11.3 Å². The van der Waals surface area contributed by atoms with Gasteiger partial charge >= 0.3 is 0 Å². The van der Waals surface area contributed by atoms with E-state index in [-0.39, 0.29) is 5.78 Å². The lowest BCUT2D eigenvalue weighted by Crippen LogP contribution is -2.00. The van der Waals surface area contributed by atoms with E-state index in [2.05, 4.69) is 31.9 Å². The number of benzene rings is 1. The minimum Gasteiger partial charge on any atom is -0.496 e. The SMILES string of the molecule is COc1cc(C(=O)c2scc(Br)c2Br)ccc1C. The molecule has 1 aromatic heterocycles. The standard InChI is InChI=1S/C13H10Br2O2S/c1-7-3-4-8(5-10(7)17-2)12(16)13-11(15)9(14)6-18-13/h3-6H,1-2H3. The molecule has 5 heteroatoms. The predicted molar refractivity (Wildman–Crippen MR) is 80.9 cm³/mol. The number of halogens is 2. The monoisotopic (exact) mass is 388 g/mol. The topological polar surface area (TPSA) is 26.3 Å². The molecule has 0 saturated carbocycles. The number of ketones is 1. The number of hydrogen-bond acceptors (Lipinski definition) is 3. The highest BCUT2D eigenvalue weighted by Gasteiger charge is 2.17. The third-order valence-electron chi connectivity index (χ3n) is 2.57. The molecule has 0 unspecified atom stereocenters. The molecular weight excluding hydrogens is 380 g/mol. The van der Waals surface area contributed by atoms with Crippen LogP contribution in [-0.4, -0.2) is 12.9 Å². The molecule has 0 aliphatic rings. The maximum absolute atomic E-state index is 12.4. The Hall–Kier alpha value is -0.650. The molecule has 0 spiro atoms. The largest absolute Gasteiger partial charge is 0.496 e. The lowest BCUT2D eigenvalue weighted by Gasteiger charge is -2.06. The van der Waals surface area contributed by atoms with Crippen LogP contribution in [0.4, 0.5) is 0 Å². The molecule has 0 aliphatic carbocycles. The van der Waals surface area contributed by atoms with Crippen LogP contribution in [0.1, 0.15) is 20.8 Å². The molecular formula is C13H10Br2O2S. The van der Waals surface area contributed by atoms with Gasteiger partial charge in [0, 0.05) is 15.4 Å². The molecule has 0 radical (unpaired) electrons. The minimum absolute atomic E-state index is 0.00382. The molecule has 0 aliphatic heterocycles. The van der Waals surface area contributed by atoms with Gasteiger partial charge in [0.05, 0.1) is 16.5 Å². The van der Waals surface area contributed by atoms with Crippen molar-refractivity contribution in [1.82, 2.24) is 0 Å². The van der Waals surface area contributed by atoms with Crippen LogP contribution in [0.3, 0.4) is 0 Å². The fourth-order valence-electron chi connectivity index (χ4n) is 1.57. The molecule has 2 aromatic rings. The van der Waals surface area contributed by atoms with E-state index in [9.17, 15) is 4.79 Å². The summed E-state index contributed by atoms with van der Waals surface area (Å²) in [5.74, 6) is 0.725. The summed E-state index contributed by atoms with van der Waals surface area (Å²) in [6, 6.07) is 5.49. The maximum Gasteiger partial charge on any atom is 0.204 e. The van der Waals surface area contributed by atoms with E-state index >= 15 is 0 Å². The van der Waals surface area contributed by atoms with Gasteiger partial charge in [-0.2, -0.15) is 0 Å². The van der Waals surface area contributed by atoms with Gasteiger partial charge < -0.3 is 4.74 Å². The summed E-state index contributed by atoms with van der Waals surface area (Å²) in [7, 11) is 1.61. The predicted octanol–water partition coefficient (Wildman–Crippen LogP) is 4.82. The van der Waals surface area contributed by atoms with Crippen molar-refractivity contribution in [1.29, 1.82) is 0 Å². The van der Waals surface area contributed by atoms with Gasteiger partial charge in [0.25, 0.3) is 0 Å². The maximum atomic E-state index is 12.4. The summed E-state index contributed by atoms with van der Waals surface area (Å²) in [4.78, 5) is 13.1. The zero-order valence-corrected chi connectivity index (χ0v) is 13.8. The second kappa shape index (κ2) is 5.55. The van der Waals surface area contributed by atoms with E-state index < -0.39 is 0 Å². The summed E-state index contributed by atoms with van der Waals surface area (Å²) in [6.07, 6.45) is 0. The third kappa shape index (κ3) is 2.53. The summed E-state index contributed by atoms with van der Waals surface area (Å²) in [6.45, 7) is 1.95. The van der Waals surface area contributed by atoms with Gasteiger partial charge in [-0.3, -0.25) is 4.79 Å². The van der Waals surface area contributed by atoms with Crippen molar-refractivity contribution in [3.05, 3.63) is 48.5 Å². The van der Waals surface area contributed by atoms with E-state index in [1.54, 1.807) is 13.2 Å². The summed E-state index contributed by atoms with van der Waals surface area (Å²) in [5, 5.41) is 1.89. The second-order valence-corrected chi connectivity index (χ2v) is 6.27. The van der Waals surface area contributed by atoms with Gasteiger partial charge in [-0.25, -0.2) is 0 Å². The van der Waals surface area contributed by atoms with Crippen molar-refractivity contribution in [2.45, 2.75) is 6.92 Å². The van der Waals surface area contributed by atoms with Crippen LogP contribution in [0, 0.1) is 6.92 Å². The van der Waals surface area contributed by atoms with Gasteiger partial charge in [-0.05, 0) is 50.4 Å². The van der Waals surface area contributed by atoms with E-state index in [0.29, 0.717) is 10.4 Å². The van der Waals surface area contributed by atoms with Crippen molar-refractivity contribution >= 4 is 49.0 Å². The highest BCUT2D eigenvalue weighted by molar-refractivity contribution is 9.13. The number of methoxy groups -OCH3 is 1. The fourth-order valence-corrected chi connectivity index (χ4v) is 3.68. The average Bonchev–Trinajstić information content (AvgIpc) is 2.70. The number of rotatable bonds is 3. The molecule has 0 amide bonds. The molecule has 0 bridgehead atoms. The summed E-state index contributed by atoms with van der Waals surface area (Å²) in [5.41, 5.74) is 1.65. The number of thiophene rings is 1. The van der Waals surface area contributed by atoms with Crippen molar-refractivity contribution in [2.75, 3.05) is 7.11 Å². The zero-order valence-electron chi connectivity index (χ0n) is 9.79. The molecule has 2 nitrogen and oxygen atoms in total. The first-order valence-electron chi connectivity index (χ1n) is 5.16. The van der Waals surface area contributed by atoms with Gasteiger partial charge in [0.1, 0.15) is 5.75 Å². The molecule has 1 heterocycles. The second-order valence-electron chi connectivity index (χ2n) is 3.74.